The van der Waals surface area contributed by atoms with Crippen LogP contribution in [-0.2, 0) is 0 Å². The highest BCUT2D eigenvalue weighted by molar-refractivity contribution is 9.10. The molecule has 0 spiro atoms. The van der Waals surface area contributed by atoms with Gasteiger partial charge in [0.2, 0.25) is 0 Å². The van der Waals surface area contributed by atoms with Crippen LogP contribution < -0.4 is 5.32 Å². The van der Waals surface area contributed by atoms with E-state index < -0.39 is 0 Å². The Morgan fingerprint density at radius 1 is 1.36 bits per heavy atom. The molecule has 76 valence electrons. The average molecular weight is 279 g/mol. The van der Waals surface area contributed by atoms with Gasteiger partial charge in [-0.05, 0) is 17.7 Å². The molecule has 1 nitrogen and oxygen atoms in total. The third-order valence-electron chi connectivity index (χ3n) is 2.03. The van der Waals surface area contributed by atoms with Crippen LogP contribution in [0.25, 0.3) is 6.08 Å². The van der Waals surface area contributed by atoms with E-state index in [1.807, 2.05) is 12.1 Å². The van der Waals surface area contributed by atoms with Gasteiger partial charge in [-0.15, -0.1) is 12.4 Å². The quantitative estimate of drug-likeness (QED) is 0.833. The van der Waals surface area contributed by atoms with Crippen molar-refractivity contribution < 1.29 is 4.39 Å². The molecule has 2 rings (SSSR count). The van der Waals surface area contributed by atoms with Crippen LogP contribution in [0.2, 0.25) is 0 Å². The molecule has 0 unspecified atom stereocenters. The van der Waals surface area contributed by atoms with Gasteiger partial charge in [0.15, 0.2) is 0 Å². The van der Waals surface area contributed by atoms with Crippen LogP contribution in [0.4, 0.5) is 4.39 Å². The van der Waals surface area contributed by atoms with Gasteiger partial charge in [-0.25, -0.2) is 4.39 Å². The molecule has 0 aromatic heterocycles. The number of nitrogens with one attached hydrogen (secondary N) is 1. The molecule has 1 saturated heterocycles. The summed E-state index contributed by atoms with van der Waals surface area (Å²) in [6.45, 7) is 1.77. The van der Waals surface area contributed by atoms with E-state index in [-0.39, 0.29) is 18.2 Å². The smallest absolute Gasteiger partial charge is 0.131 e. The van der Waals surface area contributed by atoms with Crippen LogP contribution in [-0.4, -0.2) is 13.1 Å². The Balaban J connectivity index is 0.000000980. The number of rotatable bonds is 1. The van der Waals surface area contributed by atoms with Crippen LogP contribution in [0.5, 0.6) is 0 Å². The Hall–Kier alpha value is -0.380. The maximum absolute atomic E-state index is 13.3. The molecule has 0 atom stereocenters. The Morgan fingerprint density at radius 3 is 2.57 bits per heavy atom. The van der Waals surface area contributed by atoms with Gasteiger partial charge in [0, 0.05) is 23.1 Å². The van der Waals surface area contributed by atoms with Crippen molar-refractivity contribution in [2.45, 2.75) is 0 Å². The fourth-order valence-corrected chi connectivity index (χ4v) is 1.54. The lowest BCUT2D eigenvalue weighted by molar-refractivity contribution is 0.622. The van der Waals surface area contributed by atoms with E-state index in [1.54, 1.807) is 6.07 Å². The molecule has 1 aliphatic heterocycles. The highest BCUT2D eigenvalue weighted by Crippen LogP contribution is 2.18. The van der Waals surface area contributed by atoms with E-state index in [0.29, 0.717) is 5.56 Å². The zero-order chi connectivity index (χ0) is 9.26. The van der Waals surface area contributed by atoms with Crippen molar-refractivity contribution in [3.05, 3.63) is 39.6 Å². The molecule has 0 amide bonds. The number of hydrogen-bond donors (Lipinski definition) is 1. The topological polar surface area (TPSA) is 12.0 Å². The highest BCUT2D eigenvalue weighted by Gasteiger charge is 2.08. The maximum atomic E-state index is 13.3. The van der Waals surface area contributed by atoms with Crippen molar-refractivity contribution >= 4 is 34.4 Å². The molecule has 14 heavy (non-hydrogen) atoms. The van der Waals surface area contributed by atoms with Crippen molar-refractivity contribution in [3.8, 4) is 0 Å². The Morgan fingerprint density at radius 2 is 2.07 bits per heavy atom. The minimum absolute atomic E-state index is 0. The summed E-state index contributed by atoms with van der Waals surface area (Å²) in [6.07, 6.45) is 1.90. The Kier molecular flexibility index (Phi) is 4.11. The van der Waals surface area contributed by atoms with E-state index in [0.717, 1.165) is 17.6 Å². The van der Waals surface area contributed by atoms with Crippen LogP contribution in [0.15, 0.2) is 28.2 Å². The maximum Gasteiger partial charge on any atom is 0.131 e. The highest BCUT2D eigenvalue weighted by atomic mass is 79.9. The monoisotopic (exact) mass is 277 g/mol. The summed E-state index contributed by atoms with van der Waals surface area (Å²) in [6, 6.07) is 5.12. The normalized spacial score (nSPS) is 14.3. The average Bonchev–Trinajstić information content (AvgIpc) is 1.99. The third kappa shape index (κ3) is 2.56. The molecule has 1 aliphatic rings. The number of benzene rings is 1. The van der Waals surface area contributed by atoms with Crippen molar-refractivity contribution in [1.29, 1.82) is 0 Å². The number of hydrogen-bond acceptors (Lipinski definition) is 1. The first-order chi connectivity index (χ1) is 6.25. The van der Waals surface area contributed by atoms with E-state index in [9.17, 15) is 4.39 Å². The Labute approximate surface area is 96.9 Å². The molecule has 0 bridgehead atoms. The van der Waals surface area contributed by atoms with Crippen LogP contribution in [0.1, 0.15) is 5.56 Å². The molecule has 1 aromatic rings. The predicted octanol–water partition coefficient (Wildman–Crippen LogP) is 3.00. The first-order valence-electron chi connectivity index (χ1n) is 4.11. The predicted molar refractivity (Wildman–Crippen MR) is 62.2 cm³/mol. The van der Waals surface area contributed by atoms with Crippen molar-refractivity contribution in [2.75, 3.05) is 13.1 Å². The lowest BCUT2D eigenvalue weighted by Gasteiger charge is -2.18. The minimum Gasteiger partial charge on any atom is -0.309 e. The van der Waals surface area contributed by atoms with Gasteiger partial charge in [0.05, 0.1) is 0 Å². The van der Waals surface area contributed by atoms with E-state index in [1.165, 1.54) is 11.6 Å². The van der Waals surface area contributed by atoms with Gasteiger partial charge < -0.3 is 5.32 Å². The molecule has 1 heterocycles. The molecular weight excluding hydrogens is 268 g/mol. The van der Waals surface area contributed by atoms with Crippen LogP contribution >= 0.6 is 28.3 Å². The summed E-state index contributed by atoms with van der Waals surface area (Å²) in [4.78, 5) is 0. The molecule has 0 aliphatic carbocycles. The fraction of sp³-hybridized carbons (Fsp3) is 0.200. The fourth-order valence-electron chi connectivity index (χ4n) is 1.21. The van der Waals surface area contributed by atoms with Gasteiger partial charge in [-0.2, -0.15) is 0 Å². The molecule has 0 saturated carbocycles. The molecule has 1 N–H and O–H groups in total. The van der Waals surface area contributed by atoms with E-state index >= 15 is 0 Å². The molecular formula is C10H10BrClFN. The molecule has 1 fully saturated rings. The third-order valence-corrected chi connectivity index (χ3v) is 2.52. The molecule has 4 heteroatoms. The second kappa shape index (κ2) is 4.91. The van der Waals surface area contributed by atoms with Crippen LogP contribution in [0.3, 0.4) is 0 Å². The van der Waals surface area contributed by atoms with Crippen LogP contribution in [0, 0.1) is 5.82 Å². The minimum atomic E-state index is -0.172. The summed E-state index contributed by atoms with van der Waals surface area (Å²) < 4.78 is 14.1. The van der Waals surface area contributed by atoms with Crippen molar-refractivity contribution in [1.82, 2.24) is 5.32 Å². The van der Waals surface area contributed by atoms with Gasteiger partial charge in [0.1, 0.15) is 5.82 Å². The first-order valence-corrected chi connectivity index (χ1v) is 4.90. The summed E-state index contributed by atoms with van der Waals surface area (Å²) in [7, 11) is 0. The zero-order valence-corrected chi connectivity index (χ0v) is 9.79. The number of halogens is 3. The summed E-state index contributed by atoms with van der Waals surface area (Å²) >= 11 is 3.22. The van der Waals surface area contributed by atoms with E-state index in [2.05, 4.69) is 21.2 Å². The lowest BCUT2D eigenvalue weighted by Crippen LogP contribution is -2.33. The van der Waals surface area contributed by atoms with E-state index in [4.69, 9.17) is 0 Å². The Bertz CT molecular complexity index is 359. The van der Waals surface area contributed by atoms with Crippen molar-refractivity contribution in [2.24, 2.45) is 0 Å². The largest absolute Gasteiger partial charge is 0.309 e. The van der Waals surface area contributed by atoms with Gasteiger partial charge in [-0.1, -0.05) is 28.1 Å². The second-order valence-corrected chi connectivity index (χ2v) is 3.99. The molecule has 0 radical (unpaired) electrons. The van der Waals surface area contributed by atoms with Gasteiger partial charge in [-0.3, -0.25) is 0 Å². The standard InChI is InChI=1S/C10H9BrFN.ClH/c11-9-2-1-8(10(12)4-9)3-7-5-13-6-7;/h1-4,13H,5-6H2;1H. The SMILES string of the molecule is Cl.Fc1cc(Br)ccc1C=C1CNC1. The van der Waals surface area contributed by atoms with Crippen molar-refractivity contribution in [3.63, 3.8) is 0 Å². The summed E-state index contributed by atoms with van der Waals surface area (Å²) in [5.41, 5.74) is 1.92. The zero-order valence-electron chi connectivity index (χ0n) is 7.39. The lowest BCUT2D eigenvalue weighted by atomic mass is 10.1. The summed E-state index contributed by atoms with van der Waals surface area (Å²) in [5, 5.41) is 3.11. The summed E-state index contributed by atoms with van der Waals surface area (Å²) in [5.74, 6) is -0.172. The van der Waals surface area contributed by atoms with Gasteiger partial charge >= 0.3 is 0 Å². The molecule has 1 aromatic carbocycles. The second-order valence-electron chi connectivity index (χ2n) is 3.07. The first kappa shape index (κ1) is 11.7. The van der Waals surface area contributed by atoms with Gasteiger partial charge in [0.25, 0.3) is 0 Å².